The maximum Gasteiger partial charge on any atom is 0.307 e. The largest absolute Gasteiger partial charge is 0.481 e. The fourth-order valence-electron chi connectivity index (χ4n) is 3.10. The lowest BCUT2D eigenvalue weighted by atomic mass is 10.0. The molecule has 0 bridgehead atoms. The maximum absolute atomic E-state index is 11.0. The van der Waals surface area contributed by atoms with E-state index in [4.69, 9.17) is 5.11 Å². The number of hydrogen-bond donors (Lipinski definition) is 1. The zero-order valence-corrected chi connectivity index (χ0v) is 12.1. The standard InChI is InChI=1S/C18H19NO2/c1-13-10-15-7-4-5-9-17(15)19(13)12-16-8-3-2-6-14(16)11-18(20)21/h2-9,13H,10-12H2,1H3,(H,20,21). The van der Waals surface area contributed by atoms with E-state index in [1.54, 1.807) is 0 Å². The molecule has 1 aliphatic rings. The van der Waals surface area contributed by atoms with E-state index >= 15 is 0 Å². The third-order valence-electron chi connectivity index (χ3n) is 4.15. The second-order valence-corrected chi connectivity index (χ2v) is 5.65. The summed E-state index contributed by atoms with van der Waals surface area (Å²) in [5, 5.41) is 9.05. The number of carbonyl (C=O) groups is 1. The van der Waals surface area contributed by atoms with Crippen LogP contribution in [0, 0.1) is 0 Å². The van der Waals surface area contributed by atoms with Crippen molar-refractivity contribution in [3.63, 3.8) is 0 Å². The van der Waals surface area contributed by atoms with Crippen molar-refractivity contribution in [3.8, 4) is 0 Å². The maximum atomic E-state index is 11.0. The van der Waals surface area contributed by atoms with Crippen molar-refractivity contribution >= 4 is 11.7 Å². The summed E-state index contributed by atoms with van der Waals surface area (Å²) in [4.78, 5) is 13.4. The average Bonchev–Trinajstić information content (AvgIpc) is 2.77. The molecule has 1 unspecified atom stereocenters. The Balaban J connectivity index is 1.89. The molecule has 0 spiro atoms. The number of benzene rings is 2. The lowest BCUT2D eigenvalue weighted by Crippen LogP contribution is -2.29. The average molecular weight is 281 g/mol. The zero-order chi connectivity index (χ0) is 14.8. The fourth-order valence-corrected chi connectivity index (χ4v) is 3.10. The number of carboxylic acid groups (broad SMARTS) is 1. The van der Waals surface area contributed by atoms with Crippen LogP contribution in [-0.4, -0.2) is 17.1 Å². The quantitative estimate of drug-likeness (QED) is 0.935. The van der Waals surface area contributed by atoms with Crippen LogP contribution in [-0.2, 0) is 24.2 Å². The molecule has 2 aromatic rings. The highest BCUT2D eigenvalue weighted by molar-refractivity contribution is 5.71. The fraction of sp³-hybridized carbons (Fsp3) is 0.278. The van der Waals surface area contributed by atoms with Gasteiger partial charge in [0, 0.05) is 18.3 Å². The molecular formula is C18H19NO2. The first-order valence-corrected chi connectivity index (χ1v) is 7.28. The highest BCUT2D eigenvalue weighted by Gasteiger charge is 2.25. The molecule has 21 heavy (non-hydrogen) atoms. The van der Waals surface area contributed by atoms with Gasteiger partial charge >= 0.3 is 5.97 Å². The van der Waals surface area contributed by atoms with Crippen molar-refractivity contribution < 1.29 is 9.90 Å². The van der Waals surface area contributed by atoms with Crippen molar-refractivity contribution in [2.75, 3.05) is 4.90 Å². The lowest BCUT2D eigenvalue weighted by molar-refractivity contribution is -0.136. The van der Waals surface area contributed by atoms with Crippen LogP contribution in [0.5, 0.6) is 0 Å². The Morgan fingerprint density at radius 3 is 2.57 bits per heavy atom. The van der Waals surface area contributed by atoms with E-state index in [1.165, 1.54) is 11.3 Å². The zero-order valence-electron chi connectivity index (χ0n) is 12.1. The smallest absolute Gasteiger partial charge is 0.307 e. The molecule has 0 saturated heterocycles. The molecule has 1 heterocycles. The molecule has 0 aliphatic carbocycles. The molecule has 0 radical (unpaired) electrons. The number of anilines is 1. The molecule has 0 aromatic heterocycles. The number of aliphatic carboxylic acids is 1. The topological polar surface area (TPSA) is 40.5 Å². The van der Waals surface area contributed by atoms with E-state index in [9.17, 15) is 4.79 Å². The molecule has 1 atom stereocenters. The summed E-state index contributed by atoms with van der Waals surface area (Å²) < 4.78 is 0. The molecule has 1 N–H and O–H groups in total. The second kappa shape index (κ2) is 5.60. The molecule has 3 heteroatoms. The summed E-state index contributed by atoms with van der Waals surface area (Å²) in [5.41, 5.74) is 4.65. The Kier molecular flexibility index (Phi) is 3.65. The van der Waals surface area contributed by atoms with Crippen LogP contribution in [0.15, 0.2) is 48.5 Å². The lowest BCUT2D eigenvalue weighted by Gasteiger charge is -2.26. The number of carboxylic acids is 1. The summed E-state index contributed by atoms with van der Waals surface area (Å²) in [6.45, 7) is 2.99. The van der Waals surface area contributed by atoms with Gasteiger partial charge in [-0.3, -0.25) is 4.79 Å². The van der Waals surface area contributed by atoms with Crippen molar-refractivity contribution in [1.29, 1.82) is 0 Å². The molecule has 2 aromatic carbocycles. The van der Waals surface area contributed by atoms with Crippen LogP contribution in [0.3, 0.4) is 0 Å². The molecule has 3 nitrogen and oxygen atoms in total. The normalized spacial score (nSPS) is 16.8. The molecule has 0 amide bonds. The number of nitrogens with zero attached hydrogens (tertiary/aromatic N) is 1. The van der Waals surface area contributed by atoms with Crippen LogP contribution in [0.2, 0.25) is 0 Å². The van der Waals surface area contributed by atoms with Gasteiger partial charge in [-0.2, -0.15) is 0 Å². The summed E-state index contributed by atoms with van der Waals surface area (Å²) >= 11 is 0. The summed E-state index contributed by atoms with van der Waals surface area (Å²) in [6, 6.07) is 16.7. The monoisotopic (exact) mass is 281 g/mol. The third-order valence-corrected chi connectivity index (χ3v) is 4.15. The van der Waals surface area contributed by atoms with Gasteiger partial charge in [0.1, 0.15) is 0 Å². The van der Waals surface area contributed by atoms with E-state index in [0.29, 0.717) is 6.04 Å². The number of fused-ring (bicyclic) bond motifs is 1. The minimum absolute atomic E-state index is 0.0834. The molecule has 1 aliphatic heterocycles. The van der Waals surface area contributed by atoms with Crippen LogP contribution in [0.1, 0.15) is 23.6 Å². The SMILES string of the molecule is CC1Cc2ccccc2N1Cc1ccccc1CC(=O)O. The Labute approximate surface area is 124 Å². The number of hydrogen-bond acceptors (Lipinski definition) is 2. The summed E-state index contributed by atoms with van der Waals surface area (Å²) in [7, 11) is 0. The minimum atomic E-state index is -0.780. The highest BCUT2D eigenvalue weighted by Crippen LogP contribution is 2.33. The van der Waals surface area contributed by atoms with Gasteiger partial charge in [-0.15, -0.1) is 0 Å². The van der Waals surface area contributed by atoms with Gasteiger partial charge in [-0.1, -0.05) is 42.5 Å². The Bertz CT molecular complexity index is 666. The first-order chi connectivity index (χ1) is 10.1. The first kappa shape index (κ1) is 13.7. The van der Waals surface area contributed by atoms with Gasteiger partial charge in [0.05, 0.1) is 6.42 Å². The third kappa shape index (κ3) is 2.77. The van der Waals surface area contributed by atoms with Crippen molar-refractivity contribution in [1.82, 2.24) is 0 Å². The van der Waals surface area contributed by atoms with Gasteiger partial charge < -0.3 is 10.0 Å². The van der Waals surface area contributed by atoms with E-state index in [0.717, 1.165) is 24.1 Å². The highest BCUT2D eigenvalue weighted by atomic mass is 16.4. The van der Waals surface area contributed by atoms with Crippen LogP contribution in [0.4, 0.5) is 5.69 Å². The Morgan fingerprint density at radius 1 is 1.14 bits per heavy atom. The van der Waals surface area contributed by atoms with Gasteiger partial charge in [0.25, 0.3) is 0 Å². The van der Waals surface area contributed by atoms with Crippen LogP contribution < -0.4 is 4.90 Å². The van der Waals surface area contributed by atoms with Crippen molar-refractivity contribution in [2.24, 2.45) is 0 Å². The molecular weight excluding hydrogens is 262 g/mol. The Hall–Kier alpha value is -2.29. The first-order valence-electron chi connectivity index (χ1n) is 7.28. The van der Waals surface area contributed by atoms with Crippen LogP contribution >= 0.6 is 0 Å². The summed E-state index contributed by atoms with van der Waals surface area (Å²) in [6.07, 6.45) is 1.14. The van der Waals surface area contributed by atoms with Gasteiger partial charge in [-0.25, -0.2) is 0 Å². The molecule has 0 fully saturated rings. The number of rotatable bonds is 4. The van der Waals surface area contributed by atoms with E-state index in [1.807, 2.05) is 24.3 Å². The van der Waals surface area contributed by atoms with Crippen LogP contribution in [0.25, 0.3) is 0 Å². The van der Waals surface area contributed by atoms with Crippen molar-refractivity contribution in [2.45, 2.75) is 32.4 Å². The number of para-hydroxylation sites is 1. The van der Waals surface area contributed by atoms with Gasteiger partial charge in [0.2, 0.25) is 0 Å². The van der Waals surface area contributed by atoms with E-state index < -0.39 is 5.97 Å². The van der Waals surface area contributed by atoms with Crippen molar-refractivity contribution in [3.05, 3.63) is 65.2 Å². The van der Waals surface area contributed by atoms with E-state index in [-0.39, 0.29) is 6.42 Å². The van der Waals surface area contributed by atoms with Gasteiger partial charge in [0.15, 0.2) is 0 Å². The van der Waals surface area contributed by atoms with E-state index in [2.05, 4.69) is 36.1 Å². The summed E-state index contributed by atoms with van der Waals surface area (Å²) in [5.74, 6) is -0.780. The predicted octanol–water partition coefficient (Wildman–Crippen LogP) is 3.26. The Morgan fingerprint density at radius 2 is 1.81 bits per heavy atom. The van der Waals surface area contributed by atoms with Gasteiger partial charge in [-0.05, 0) is 36.1 Å². The predicted molar refractivity (Wildman–Crippen MR) is 83.6 cm³/mol. The molecule has 0 saturated carbocycles. The second-order valence-electron chi connectivity index (χ2n) is 5.65. The minimum Gasteiger partial charge on any atom is -0.481 e. The molecule has 3 rings (SSSR count). The molecule has 108 valence electrons.